The molecule has 0 saturated carbocycles. The normalized spacial score (nSPS) is 10.2. The number of hydrogen-bond acceptors (Lipinski definition) is 4. The van der Waals surface area contributed by atoms with E-state index in [1.807, 2.05) is 45.4 Å². The van der Waals surface area contributed by atoms with Gasteiger partial charge < -0.3 is 15.0 Å². The van der Waals surface area contributed by atoms with Gasteiger partial charge in [0.15, 0.2) is 0 Å². The highest BCUT2D eigenvalue weighted by molar-refractivity contribution is 5.68. The summed E-state index contributed by atoms with van der Waals surface area (Å²) in [6, 6.07) is 10.1. The zero-order chi connectivity index (χ0) is 14.4. The predicted molar refractivity (Wildman–Crippen MR) is 83.5 cm³/mol. The Labute approximate surface area is 120 Å². The zero-order valence-corrected chi connectivity index (χ0v) is 12.3. The number of ether oxygens (including phenoxy) is 1. The van der Waals surface area contributed by atoms with Crippen LogP contribution in [0, 0.1) is 0 Å². The molecule has 1 aromatic heterocycles. The average Bonchev–Trinajstić information content (AvgIpc) is 2.47. The fourth-order valence-electron chi connectivity index (χ4n) is 1.98. The third-order valence-corrected chi connectivity index (χ3v) is 3.00. The van der Waals surface area contributed by atoms with E-state index in [0.717, 1.165) is 23.7 Å². The quantitative estimate of drug-likeness (QED) is 0.875. The summed E-state index contributed by atoms with van der Waals surface area (Å²) in [5.41, 5.74) is 3.37. The third-order valence-electron chi connectivity index (χ3n) is 3.00. The second-order valence-corrected chi connectivity index (χ2v) is 4.72. The molecule has 0 unspecified atom stereocenters. The molecule has 20 heavy (non-hydrogen) atoms. The third kappa shape index (κ3) is 3.63. The van der Waals surface area contributed by atoms with Crippen LogP contribution in [0.5, 0.6) is 5.75 Å². The van der Waals surface area contributed by atoms with Crippen molar-refractivity contribution < 1.29 is 4.74 Å². The molecular formula is C16H21N3O. The highest BCUT2D eigenvalue weighted by Gasteiger charge is 2.03. The minimum Gasteiger partial charge on any atom is -0.494 e. The van der Waals surface area contributed by atoms with Crippen molar-refractivity contribution in [1.29, 1.82) is 0 Å². The summed E-state index contributed by atoms with van der Waals surface area (Å²) in [7, 11) is 4.05. The molecule has 0 saturated heterocycles. The second-order valence-electron chi connectivity index (χ2n) is 4.72. The molecule has 0 bridgehead atoms. The van der Waals surface area contributed by atoms with Gasteiger partial charge in [0.2, 0.25) is 0 Å². The van der Waals surface area contributed by atoms with E-state index < -0.39 is 0 Å². The van der Waals surface area contributed by atoms with E-state index in [9.17, 15) is 0 Å². The van der Waals surface area contributed by atoms with Gasteiger partial charge in [-0.05, 0) is 30.7 Å². The van der Waals surface area contributed by atoms with Crippen LogP contribution in [0.4, 0.5) is 11.4 Å². The summed E-state index contributed by atoms with van der Waals surface area (Å²) >= 11 is 0. The molecule has 0 amide bonds. The number of nitrogens with one attached hydrogen (secondary N) is 1. The lowest BCUT2D eigenvalue weighted by molar-refractivity contribution is 0.340. The number of anilines is 2. The molecule has 1 heterocycles. The van der Waals surface area contributed by atoms with Crippen molar-refractivity contribution in [2.75, 3.05) is 30.9 Å². The highest BCUT2D eigenvalue weighted by atomic mass is 16.5. The summed E-state index contributed by atoms with van der Waals surface area (Å²) in [5.74, 6) is 0.909. The van der Waals surface area contributed by atoms with Gasteiger partial charge in [-0.3, -0.25) is 4.98 Å². The number of rotatable bonds is 6. The maximum Gasteiger partial charge on any atom is 0.119 e. The number of aromatic nitrogens is 1. The highest BCUT2D eigenvalue weighted by Crippen LogP contribution is 2.23. The van der Waals surface area contributed by atoms with E-state index in [1.54, 1.807) is 6.20 Å². The van der Waals surface area contributed by atoms with Crippen LogP contribution in [0.15, 0.2) is 42.7 Å². The standard InChI is InChI=1S/C16H21N3O/c1-4-20-14-7-5-13(6-8-14)11-18-15-12-17-10-9-16(15)19(2)3/h5-10,12,18H,4,11H2,1-3H3. The Balaban J connectivity index is 2.01. The zero-order valence-electron chi connectivity index (χ0n) is 12.3. The van der Waals surface area contributed by atoms with Gasteiger partial charge in [0, 0.05) is 26.8 Å². The van der Waals surface area contributed by atoms with Crippen molar-refractivity contribution in [3.05, 3.63) is 48.3 Å². The predicted octanol–water partition coefficient (Wildman–Crippen LogP) is 3.16. The fourth-order valence-corrected chi connectivity index (χ4v) is 1.98. The Hall–Kier alpha value is -2.23. The van der Waals surface area contributed by atoms with Crippen molar-refractivity contribution >= 4 is 11.4 Å². The number of pyridine rings is 1. The average molecular weight is 271 g/mol. The van der Waals surface area contributed by atoms with Crippen molar-refractivity contribution in [2.24, 2.45) is 0 Å². The van der Waals surface area contributed by atoms with Gasteiger partial charge in [0.1, 0.15) is 5.75 Å². The maximum atomic E-state index is 5.44. The Morgan fingerprint density at radius 3 is 2.55 bits per heavy atom. The van der Waals surface area contributed by atoms with Crippen LogP contribution >= 0.6 is 0 Å². The summed E-state index contributed by atoms with van der Waals surface area (Å²) in [5, 5.41) is 3.42. The van der Waals surface area contributed by atoms with E-state index in [4.69, 9.17) is 4.74 Å². The molecule has 4 heteroatoms. The van der Waals surface area contributed by atoms with Gasteiger partial charge in [0.05, 0.1) is 24.2 Å². The first-order valence-corrected chi connectivity index (χ1v) is 6.77. The van der Waals surface area contributed by atoms with Crippen molar-refractivity contribution in [3.8, 4) is 5.75 Å². The number of benzene rings is 1. The summed E-state index contributed by atoms with van der Waals surface area (Å²) in [6.07, 6.45) is 3.65. The van der Waals surface area contributed by atoms with Crippen LogP contribution in [0.25, 0.3) is 0 Å². The van der Waals surface area contributed by atoms with Gasteiger partial charge >= 0.3 is 0 Å². The molecule has 1 aromatic carbocycles. The molecule has 0 aliphatic carbocycles. The van der Waals surface area contributed by atoms with Crippen LogP contribution in [0.3, 0.4) is 0 Å². The lowest BCUT2D eigenvalue weighted by Gasteiger charge is -2.17. The molecule has 0 spiro atoms. The van der Waals surface area contributed by atoms with Crippen molar-refractivity contribution in [2.45, 2.75) is 13.5 Å². The first-order valence-electron chi connectivity index (χ1n) is 6.77. The molecule has 0 atom stereocenters. The van der Waals surface area contributed by atoms with Gasteiger partial charge in [0.25, 0.3) is 0 Å². The van der Waals surface area contributed by atoms with E-state index >= 15 is 0 Å². The monoisotopic (exact) mass is 271 g/mol. The molecule has 0 radical (unpaired) electrons. The van der Waals surface area contributed by atoms with Gasteiger partial charge in [-0.1, -0.05) is 12.1 Å². The molecule has 1 N–H and O–H groups in total. The lowest BCUT2D eigenvalue weighted by atomic mass is 10.2. The number of nitrogens with zero attached hydrogens (tertiary/aromatic N) is 2. The van der Waals surface area contributed by atoms with Crippen LogP contribution in [-0.4, -0.2) is 25.7 Å². The fraction of sp³-hybridized carbons (Fsp3) is 0.312. The minimum atomic E-state index is 0.694. The Kier molecular flexibility index (Phi) is 4.82. The van der Waals surface area contributed by atoms with E-state index in [-0.39, 0.29) is 0 Å². The lowest BCUT2D eigenvalue weighted by Crippen LogP contribution is -2.12. The molecule has 0 aliphatic rings. The summed E-state index contributed by atoms with van der Waals surface area (Å²) in [4.78, 5) is 6.24. The van der Waals surface area contributed by atoms with E-state index in [0.29, 0.717) is 6.61 Å². The van der Waals surface area contributed by atoms with Crippen LogP contribution in [0.1, 0.15) is 12.5 Å². The SMILES string of the molecule is CCOc1ccc(CNc2cnccc2N(C)C)cc1. The Morgan fingerprint density at radius 1 is 1.15 bits per heavy atom. The van der Waals surface area contributed by atoms with Crippen LogP contribution in [-0.2, 0) is 6.54 Å². The number of hydrogen-bond donors (Lipinski definition) is 1. The summed E-state index contributed by atoms with van der Waals surface area (Å²) < 4.78 is 5.44. The molecule has 4 nitrogen and oxygen atoms in total. The molecule has 106 valence electrons. The van der Waals surface area contributed by atoms with Gasteiger partial charge in [-0.2, -0.15) is 0 Å². The first-order chi connectivity index (χ1) is 9.70. The Morgan fingerprint density at radius 2 is 1.90 bits per heavy atom. The molecular weight excluding hydrogens is 250 g/mol. The molecule has 2 rings (SSSR count). The maximum absolute atomic E-state index is 5.44. The van der Waals surface area contributed by atoms with Gasteiger partial charge in [-0.25, -0.2) is 0 Å². The van der Waals surface area contributed by atoms with Crippen molar-refractivity contribution in [3.63, 3.8) is 0 Å². The largest absolute Gasteiger partial charge is 0.494 e. The molecule has 2 aromatic rings. The minimum absolute atomic E-state index is 0.694. The van der Waals surface area contributed by atoms with Gasteiger partial charge in [-0.15, -0.1) is 0 Å². The topological polar surface area (TPSA) is 37.4 Å². The van der Waals surface area contributed by atoms with E-state index in [2.05, 4.69) is 27.3 Å². The van der Waals surface area contributed by atoms with Crippen LogP contribution < -0.4 is 15.0 Å². The Bertz CT molecular complexity index is 538. The molecule has 0 fully saturated rings. The van der Waals surface area contributed by atoms with Crippen LogP contribution in [0.2, 0.25) is 0 Å². The molecule has 0 aliphatic heterocycles. The smallest absolute Gasteiger partial charge is 0.119 e. The second kappa shape index (κ2) is 6.80. The van der Waals surface area contributed by atoms with Crippen molar-refractivity contribution in [1.82, 2.24) is 4.98 Å². The van der Waals surface area contributed by atoms with E-state index in [1.165, 1.54) is 5.56 Å². The summed E-state index contributed by atoms with van der Waals surface area (Å²) in [6.45, 7) is 3.44. The first kappa shape index (κ1) is 14.2.